The summed E-state index contributed by atoms with van der Waals surface area (Å²) in [5.74, 6) is 0. The quantitative estimate of drug-likeness (QED) is 0.899. The van der Waals surface area contributed by atoms with Crippen LogP contribution in [0.15, 0.2) is 33.8 Å². The third-order valence-corrected chi connectivity index (χ3v) is 3.73. The summed E-state index contributed by atoms with van der Waals surface area (Å²) in [7, 11) is 0. The maximum atomic E-state index is 9.03. The first-order valence-electron chi connectivity index (χ1n) is 4.51. The van der Waals surface area contributed by atoms with Crippen LogP contribution in [0.5, 0.6) is 0 Å². The summed E-state index contributed by atoms with van der Waals surface area (Å²) in [6, 6.07) is 7.79. The Kier molecular flexibility index (Phi) is 3.51. The predicted octanol–water partition coefficient (Wildman–Crippen LogP) is 2.02. The highest BCUT2D eigenvalue weighted by molar-refractivity contribution is 8.01. The molecule has 16 heavy (non-hydrogen) atoms. The number of hydrogen-bond donors (Lipinski definition) is 1. The Morgan fingerprint density at radius 3 is 3.00 bits per heavy atom. The average Bonchev–Trinajstić information content (AvgIpc) is 2.82. The molecule has 0 unspecified atom stereocenters. The lowest BCUT2D eigenvalue weighted by Crippen LogP contribution is -1.96. The van der Waals surface area contributed by atoms with E-state index in [1.54, 1.807) is 0 Å². The smallest absolute Gasteiger partial charge is 0.174 e. The molecule has 0 amide bonds. The minimum atomic E-state index is 0.443. The number of rotatable bonds is 3. The highest BCUT2D eigenvalue weighted by Crippen LogP contribution is 2.31. The molecule has 6 heteroatoms. The van der Waals surface area contributed by atoms with E-state index in [2.05, 4.69) is 15.4 Å². The summed E-state index contributed by atoms with van der Waals surface area (Å²) >= 11 is 2.76. The lowest BCUT2D eigenvalue weighted by atomic mass is 10.1. The Labute approximate surface area is 101 Å². The molecule has 1 aromatic heterocycles. The molecule has 0 aliphatic carbocycles. The van der Waals surface area contributed by atoms with Crippen LogP contribution in [0.2, 0.25) is 0 Å². The van der Waals surface area contributed by atoms with E-state index < -0.39 is 0 Å². The van der Waals surface area contributed by atoms with E-state index in [1.807, 2.05) is 18.2 Å². The molecule has 0 spiro atoms. The maximum absolute atomic E-state index is 9.03. The van der Waals surface area contributed by atoms with Gasteiger partial charge >= 0.3 is 0 Å². The second-order valence-corrected chi connectivity index (χ2v) is 5.02. The van der Waals surface area contributed by atoms with E-state index in [9.17, 15) is 0 Å². The van der Waals surface area contributed by atoms with E-state index in [4.69, 9.17) is 11.0 Å². The van der Waals surface area contributed by atoms with Crippen LogP contribution >= 0.6 is 23.3 Å². The molecule has 0 saturated carbocycles. The second kappa shape index (κ2) is 5.07. The first-order chi connectivity index (χ1) is 7.83. The fourth-order valence-electron chi connectivity index (χ4n) is 1.18. The van der Waals surface area contributed by atoms with Crippen molar-refractivity contribution in [2.45, 2.75) is 15.8 Å². The highest BCUT2D eigenvalue weighted by atomic mass is 32.2. The van der Waals surface area contributed by atoms with E-state index in [-0.39, 0.29) is 0 Å². The summed E-state index contributed by atoms with van der Waals surface area (Å²) in [6.45, 7) is 0.443. The topological polar surface area (TPSA) is 75.6 Å². The van der Waals surface area contributed by atoms with Crippen LogP contribution in [-0.4, -0.2) is 9.36 Å². The molecule has 0 fully saturated rings. The number of nitriles is 1. The Morgan fingerprint density at radius 2 is 2.38 bits per heavy atom. The zero-order valence-electron chi connectivity index (χ0n) is 8.25. The van der Waals surface area contributed by atoms with Crippen molar-refractivity contribution in [3.63, 3.8) is 0 Å². The van der Waals surface area contributed by atoms with Crippen molar-refractivity contribution in [3.05, 3.63) is 35.7 Å². The molecular formula is C10H8N4S2. The molecule has 4 nitrogen and oxygen atoms in total. The van der Waals surface area contributed by atoms with Crippen molar-refractivity contribution < 1.29 is 0 Å². The molecule has 1 aromatic carbocycles. The predicted molar refractivity (Wildman–Crippen MR) is 63.1 cm³/mol. The van der Waals surface area contributed by atoms with E-state index in [1.165, 1.54) is 29.6 Å². The second-order valence-electron chi connectivity index (χ2n) is 2.96. The molecule has 1 heterocycles. The summed E-state index contributed by atoms with van der Waals surface area (Å²) in [5, 5.41) is 9.03. The van der Waals surface area contributed by atoms with Gasteiger partial charge < -0.3 is 5.73 Å². The lowest BCUT2D eigenvalue weighted by molar-refractivity contribution is 1.06. The standard InChI is InChI=1S/C10H8N4S2/c11-4-7-1-2-9(8(3-7)5-12)15-10-13-6-14-16-10/h1-3,6H,4,11H2. The SMILES string of the molecule is N#Cc1cc(CN)ccc1Sc1ncns1. The number of aromatic nitrogens is 2. The van der Waals surface area contributed by atoms with Gasteiger partial charge in [-0.2, -0.15) is 9.64 Å². The molecule has 0 aliphatic rings. The van der Waals surface area contributed by atoms with Crippen LogP contribution in [0.1, 0.15) is 11.1 Å². The lowest BCUT2D eigenvalue weighted by Gasteiger charge is -2.02. The van der Waals surface area contributed by atoms with Crippen molar-refractivity contribution in [2.24, 2.45) is 5.73 Å². The molecule has 0 bridgehead atoms. The van der Waals surface area contributed by atoms with Crippen molar-refractivity contribution in [3.8, 4) is 6.07 Å². The monoisotopic (exact) mass is 248 g/mol. The molecule has 2 rings (SSSR count). The summed E-state index contributed by atoms with van der Waals surface area (Å²) in [4.78, 5) is 4.95. The van der Waals surface area contributed by atoms with Gasteiger partial charge in [0.2, 0.25) is 0 Å². The minimum absolute atomic E-state index is 0.443. The van der Waals surface area contributed by atoms with Crippen LogP contribution in [-0.2, 0) is 6.54 Å². The maximum Gasteiger partial charge on any atom is 0.174 e. The van der Waals surface area contributed by atoms with Gasteiger partial charge in [0.15, 0.2) is 4.34 Å². The van der Waals surface area contributed by atoms with Crippen LogP contribution in [0, 0.1) is 11.3 Å². The fraction of sp³-hybridized carbons (Fsp3) is 0.100. The molecule has 2 N–H and O–H groups in total. The van der Waals surface area contributed by atoms with Gasteiger partial charge in [-0.05, 0) is 29.2 Å². The van der Waals surface area contributed by atoms with Gasteiger partial charge in [0.25, 0.3) is 0 Å². The van der Waals surface area contributed by atoms with E-state index in [0.717, 1.165) is 14.8 Å². The number of nitrogens with two attached hydrogens (primary N) is 1. The molecule has 80 valence electrons. The van der Waals surface area contributed by atoms with Crippen LogP contribution in [0.25, 0.3) is 0 Å². The Balaban J connectivity index is 2.31. The molecule has 0 aliphatic heterocycles. The van der Waals surface area contributed by atoms with E-state index >= 15 is 0 Å². The number of nitrogens with zero attached hydrogens (tertiary/aromatic N) is 3. The minimum Gasteiger partial charge on any atom is -0.326 e. The van der Waals surface area contributed by atoms with Gasteiger partial charge in [-0.15, -0.1) is 0 Å². The Morgan fingerprint density at radius 1 is 1.50 bits per heavy atom. The summed E-state index contributed by atoms with van der Waals surface area (Å²) < 4.78 is 4.74. The third-order valence-electron chi connectivity index (χ3n) is 1.94. The van der Waals surface area contributed by atoms with Gasteiger partial charge in [0.05, 0.1) is 5.56 Å². The van der Waals surface area contributed by atoms with Crippen molar-refractivity contribution >= 4 is 23.3 Å². The molecular weight excluding hydrogens is 240 g/mol. The third kappa shape index (κ3) is 2.39. The Hall–Kier alpha value is -1.42. The molecule has 0 radical (unpaired) electrons. The van der Waals surface area contributed by atoms with Gasteiger partial charge in [-0.25, -0.2) is 4.98 Å². The highest BCUT2D eigenvalue weighted by Gasteiger charge is 2.07. The summed E-state index contributed by atoms with van der Waals surface area (Å²) in [6.07, 6.45) is 1.51. The molecule has 0 atom stereocenters. The number of hydrogen-bond acceptors (Lipinski definition) is 6. The van der Waals surface area contributed by atoms with Gasteiger partial charge in [-0.1, -0.05) is 17.8 Å². The first-order valence-corrected chi connectivity index (χ1v) is 6.10. The van der Waals surface area contributed by atoms with Gasteiger partial charge in [0, 0.05) is 11.4 Å². The van der Waals surface area contributed by atoms with E-state index in [0.29, 0.717) is 12.1 Å². The zero-order valence-corrected chi connectivity index (χ0v) is 9.88. The van der Waals surface area contributed by atoms with Crippen molar-refractivity contribution in [1.29, 1.82) is 5.26 Å². The van der Waals surface area contributed by atoms with Crippen molar-refractivity contribution in [1.82, 2.24) is 9.36 Å². The fourth-order valence-corrected chi connectivity index (χ4v) is 2.65. The van der Waals surface area contributed by atoms with Crippen LogP contribution in [0.4, 0.5) is 0 Å². The first kappa shape index (κ1) is 11.1. The summed E-state index contributed by atoms with van der Waals surface area (Å²) in [5.41, 5.74) is 7.11. The van der Waals surface area contributed by atoms with Crippen LogP contribution in [0.3, 0.4) is 0 Å². The zero-order chi connectivity index (χ0) is 11.4. The molecule has 2 aromatic rings. The Bertz CT molecular complexity index is 516. The van der Waals surface area contributed by atoms with Gasteiger partial charge in [0.1, 0.15) is 12.4 Å². The average molecular weight is 248 g/mol. The largest absolute Gasteiger partial charge is 0.326 e. The van der Waals surface area contributed by atoms with Gasteiger partial charge in [-0.3, -0.25) is 0 Å². The van der Waals surface area contributed by atoms with Crippen molar-refractivity contribution in [2.75, 3.05) is 0 Å². The molecule has 0 saturated heterocycles. The normalized spacial score (nSPS) is 10.0. The van der Waals surface area contributed by atoms with Crippen LogP contribution < -0.4 is 5.73 Å². The number of benzene rings is 1.